The third-order valence-corrected chi connectivity index (χ3v) is 1.89. The molecule has 0 aliphatic heterocycles. The maximum atomic E-state index is 8.86. The Hall–Kier alpha value is -0.320. The fourth-order valence-electron chi connectivity index (χ4n) is 0.699. The van der Waals surface area contributed by atoms with E-state index in [0.717, 1.165) is 0 Å². The smallest absolute Gasteiger partial charge is 0.169 e. The second-order valence-electron chi connectivity index (χ2n) is 2.68. The van der Waals surface area contributed by atoms with Gasteiger partial charge in [0.1, 0.15) is 5.76 Å². The van der Waals surface area contributed by atoms with Crippen LogP contribution in [0.3, 0.4) is 0 Å². The molecule has 0 saturated heterocycles. The highest BCUT2D eigenvalue weighted by Gasteiger charge is 2.23. The van der Waals surface area contributed by atoms with Crippen LogP contribution in [0.2, 0.25) is 0 Å². The molecule has 1 heterocycles. The van der Waals surface area contributed by atoms with Crippen molar-refractivity contribution < 1.29 is 9.52 Å². The Morgan fingerprint density at radius 1 is 1.73 bits per heavy atom. The molecule has 0 fully saturated rings. The first-order valence-electron chi connectivity index (χ1n) is 3.22. The van der Waals surface area contributed by atoms with Gasteiger partial charge in [0.2, 0.25) is 0 Å². The molecule has 3 nitrogen and oxygen atoms in total. The molecule has 0 aromatic carbocycles. The van der Waals surface area contributed by atoms with Crippen molar-refractivity contribution in [2.75, 3.05) is 6.61 Å². The average Bonchev–Trinajstić information content (AvgIpc) is 2.36. The summed E-state index contributed by atoms with van der Waals surface area (Å²) in [5.41, 5.74) is 4.90. The molecule has 0 spiro atoms. The highest BCUT2D eigenvalue weighted by Crippen LogP contribution is 2.22. The zero-order valence-electron chi connectivity index (χ0n) is 6.17. The summed E-state index contributed by atoms with van der Waals surface area (Å²) in [6, 6.07) is 3.48. The zero-order valence-corrected chi connectivity index (χ0v) is 7.76. The predicted octanol–water partition coefficient (Wildman–Crippen LogP) is 1.21. The van der Waals surface area contributed by atoms with Crippen LogP contribution in [-0.4, -0.2) is 11.7 Å². The van der Waals surface area contributed by atoms with Crippen LogP contribution in [0.15, 0.2) is 21.2 Å². The summed E-state index contributed by atoms with van der Waals surface area (Å²) in [6.07, 6.45) is 0. The van der Waals surface area contributed by atoms with Crippen molar-refractivity contribution in [3.63, 3.8) is 0 Å². The number of hydrogen-bond acceptors (Lipinski definition) is 3. The molecule has 1 atom stereocenters. The topological polar surface area (TPSA) is 59.4 Å². The van der Waals surface area contributed by atoms with Crippen LogP contribution in [0.25, 0.3) is 0 Å². The summed E-state index contributed by atoms with van der Waals surface area (Å²) in [5.74, 6) is 0.576. The molecule has 0 radical (unpaired) electrons. The summed E-state index contributed by atoms with van der Waals surface area (Å²) in [7, 11) is 0. The van der Waals surface area contributed by atoms with E-state index in [1.54, 1.807) is 19.1 Å². The Morgan fingerprint density at radius 2 is 2.36 bits per heavy atom. The summed E-state index contributed by atoms with van der Waals surface area (Å²) >= 11 is 3.15. The lowest BCUT2D eigenvalue weighted by Gasteiger charge is -2.17. The summed E-state index contributed by atoms with van der Waals surface area (Å²) in [6.45, 7) is 1.57. The van der Waals surface area contributed by atoms with Crippen LogP contribution >= 0.6 is 15.9 Å². The third kappa shape index (κ3) is 1.83. The molecule has 0 aliphatic rings. The normalized spacial score (nSPS) is 16.4. The number of halogens is 1. The van der Waals surface area contributed by atoms with Gasteiger partial charge in [-0.25, -0.2) is 0 Å². The van der Waals surface area contributed by atoms with Gasteiger partial charge in [-0.3, -0.25) is 0 Å². The highest BCUT2D eigenvalue weighted by molar-refractivity contribution is 9.10. The lowest BCUT2D eigenvalue weighted by molar-refractivity contribution is 0.187. The molecule has 0 aliphatic carbocycles. The molecule has 3 N–H and O–H groups in total. The van der Waals surface area contributed by atoms with Crippen LogP contribution < -0.4 is 5.73 Å². The van der Waals surface area contributed by atoms with Crippen LogP contribution in [0, 0.1) is 0 Å². The van der Waals surface area contributed by atoms with E-state index in [2.05, 4.69) is 15.9 Å². The van der Waals surface area contributed by atoms with Gasteiger partial charge < -0.3 is 15.3 Å². The van der Waals surface area contributed by atoms with Crippen molar-refractivity contribution in [3.8, 4) is 0 Å². The monoisotopic (exact) mass is 219 g/mol. The molecule has 4 heteroatoms. The van der Waals surface area contributed by atoms with E-state index in [1.165, 1.54) is 0 Å². The van der Waals surface area contributed by atoms with Gasteiger partial charge in [0.25, 0.3) is 0 Å². The van der Waals surface area contributed by atoms with Gasteiger partial charge in [-0.1, -0.05) is 0 Å². The fourth-order valence-corrected chi connectivity index (χ4v) is 1.01. The predicted molar refractivity (Wildman–Crippen MR) is 45.0 cm³/mol. The van der Waals surface area contributed by atoms with Gasteiger partial charge in [-0.15, -0.1) is 0 Å². The van der Waals surface area contributed by atoms with Crippen molar-refractivity contribution in [1.29, 1.82) is 0 Å². The van der Waals surface area contributed by atoms with Gasteiger partial charge >= 0.3 is 0 Å². The summed E-state index contributed by atoms with van der Waals surface area (Å²) < 4.78 is 5.79. The minimum absolute atomic E-state index is 0.132. The van der Waals surface area contributed by atoms with Crippen LogP contribution in [0.1, 0.15) is 12.7 Å². The van der Waals surface area contributed by atoms with Crippen LogP contribution in [-0.2, 0) is 5.54 Å². The summed E-state index contributed by atoms with van der Waals surface area (Å²) in [4.78, 5) is 0. The van der Waals surface area contributed by atoms with E-state index in [9.17, 15) is 0 Å². The van der Waals surface area contributed by atoms with E-state index in [0.29, 0.717) is 10.4 Å². The molecule has 0 saturated carbocycles. The van der Waals surface area contributed by atoms with Gasteiger partial charge in [-0.2, -0.15) is 0 Å². The largest absolute Gasteiger partial charge is 0.452 e. The number of rotatable bonds is 2. The molecule has 0 amide bonds. The Balaban J connectivity index is 2.92. The third-order valence-electron chi connectivity index (χ3n) is 1.46. The number of aliphatic hydroxyl groups is 1. The number of hydrogen-bond donors (Lipinski definition) is 2. The Bertz CT molecular complexity index is 244. The average molecular weight is 220 g/mol. The molecule has 62 valence electrons. The number of furan rings is 1. The first-order chi connectivity index (χ1) is 5.06. The number of nitrogens with two attached hydrogens (primary N) is 1. The molecule has 1 aromatic rings. The molecule has 0 unspecified atom stereocenters. The van der Waals surface area contributed by atoms with Crippen molar-refractivity contribution in [3.05, 3.63) is 22.6 Å². The number of aliphatic hydroxyl groups excluding tert-OH is 1. The minimum atomic E-state index is -0.786. The van der Waals surface area contributed by atoms with E-state index in [-0.39, 0.29) is 6.61 Å². The highest BCUT2D eigenvalue weighted by atomic mass is 79.9. The molecular formula is C7H10BrNO2. The van der Waals surface area contributed by atoms with Gasteiger partial charge in [-0.05, 0) is 35.0 Å². The second kappa shape index (κ2) is 2.97. The summed E-state index contributed by atoms with van der Waals surface area (Å²) in [5, 5.41) is 8.86. The maximum Gasteiger partial charge on any atom is 0.169 e. The second-order valence-corrected chi connectivity index (χ2v) is 3.46. The van der Waals surface area contributed by atoms with Crippen LogP contribution in [0.4, 0.5) is 0 Å². The van der Waals surface area contributed by atoms with Crippen molar-refractivity contribution in [2.24, 2.45) is 5.73 Å². The van der Waals surface area contributed by atoms with Gasteiger partial charge in [0, 0.05) is 0 Å². The fraction of sp³-hybridized carbons (Fsp3) is 0.429. The minimum Gasteiger partial charge on any atom is -0.452 e. The molecule has 11 heavy (non-hydrogen) atoms. The Labute approximate surface area is 73.3 Å². The van der Waals surface area contributed by atoms with E-state index in [1.807, 2.05) is 0 Å². The van der Waals surface area contributed by atoms with E-state index >= 15 is 0 Å². The van der Waals surface area contributed by atoms with Crippen molar-refractivity contribution in [2.45, 2.75) is 12.5 Å². The molecular weight excluding hydrogens is 210 g/mol. The quantitative estimate of drug-likeness (QED) is 0.787. The standard InChI is InChI=1S/C7H10BrNO2/c1-7(9,4-10)5-2-3-6(8)11-5/h2-3,10H,4,9H2,1H3/t7-/m1/s1. The Kier molecular flexibility index (Phi) is 2.37. The SMILES string of the molecule is C[C@@](N)(CO)c1ccc(Br)o1. The van der Waals surface area contributed by atoms with Crippen LogP contribution in [0.5, 0.6) is 0 Å². The zero-order chi connectivity index (χ0) is 8.48. The van der Waals surface area contributed by atoms with Gasteiger partial charge in [0.05, 0.1) is 12.1 Å². The molecule has 0 bridgehead atoms. The Morgan fingerprint density at radius 3 is 2.73 bits per heavy atom. The molecule has 1 aromatic heterocycles. The van der Waals surface area contributed by atoms with Crippen molar-refractivity contribution >= 4 is 15.9 Å². The molecule has 1 rings (SSSR count). The van der Waals surface area contributed by atoms with Gasteiger partial charge in [0.15, 0.2) is 4.67 Å². The first-order valence-corrected chi connectivity index (χ1v) is 4.01. The first kappa shape index (κ1) is 8.77. The van der Waals surface area contributed by atoms with E-state index in [4.69, 9.17) is 15.3 Å². The lowest BCUT2D eigenvalue weighted by atomic mass is 10.0. The maximum absolute atomic E-state index is 8.86. The van der Waals surface area contributed by atoms with E-state index < -0.39 is 5.54 Å². The van der Waals surface area contributed by atoms with Crippen molar-refractivity contribution in [1.82, 2.24) is 0 Å². The lowest BCUT2D eigenvalue weighted by Crippen LogP contribution is -2.36.